The van der Waals surface area contributed by atoms with Crippen LogP contribution >= 0.6 is 0 Å². The second-order valence-corrected chi connectivity index (χ2v) is 9.99. The second-order valence-electron chi connectivity index (χ2n) is 9.99. The largest absolute Gasteiger partial charge is 0.496 e. The van der Waals surface area contributed by atoms with Crippen LogP contribution in [0.4, 0.5) is 0 Å². The van der Waals surface area contributed by atoms with Gasteiger partial charge in [0.25, 0.3) is 0 Å². The fourth-order valence-corrected chi connectivity index (χ4v) is 4.71. The number of carbonyl (C=O) groups excluding carboxylic acids is 2. The van der Waals surface area contributed by atoms with E-state index in [2.05, 4.69) is 57.2 Å². The fourth-order valence-electron chi connectivity index (χ4n) is 4.71. The Morgan fingerprint density at radius 1 is 0.889 bits per heavy atom. The number of allylic oxidation sites excluding steroid dienone is 2. The standard InChI is InChI=1S/C32H40O4/c1-6-7-8-9-28(35-4)21-27(34)20-26(33)17-24-13-15-30-31(18-24)29-14-12-23(11-10-22(2)3)16-25(29)19-32(30)36-5/h10,12-16,18-19,28H,6-9,11,17,20-21H2,1-5H3. The zero-order valence-electron chi connectivity index (χ0n) is 22.5. The number of ether oxygens (including phenoxy) is 2. The van der Waals surface area contributed by atoms with Gasteiger partial charge in [0.15, 0.2) is 0 Å². The Balaban J connectivity index is 1.78. The first kappa shape index (κ1) is 27.6. The molecule has 0 amide bonds. The average molecular weight is 489 g/mol. The molecule has 0 aliphatic heterocycles. The molecule has 3 rings (SSSR count). The van der Waals surface area contributed by atoms with Gasteiger partial charge in [-0.05, 0) is 66.1 Å². The topological polar surface area (TPSA) is 52.6 Å². The van der Waals surface area contributed by atoms with Crippen molar-refractivity contribution in [3.63, 3.8) is 0 Å². The molecule has 3 aromatic rings. The maximum absolute atomic E-state index is 12.8. The van der Waals surface area contributed by atoms with Crippen molar-refractivity contribution in [2.24, 2.45) is 0 Å². The fraction of sp³-hybridized carbons (Fsp3) is 0.438. The van der Waals surface area contributed by atoms with E-state index in [1.807, 2.05) is 12.1 Å². The van der Waals surface area contributed by atoms with Crippen molar-refractivity contribution >= 4 is 33.1 Å². The molecule has 36 heavy (non-hydrogen) atoms. The molecule has 1 atom stereocenters. The van der Waals surface area contributed by atoms with E-state index in [1.165, 1.54) is 11.1 Å². The van der Waals surface area contributed by atoms with E-state index >= 15 is 0 Å². The summed E-state index contributed by atoms with van der Waals surface area (Å²) in [6, 6.07) is 14.7. The van der Waals surface area contributed by atoms with E-state index in [4.69, 9.17) is 9.47 Å². The molecule has 4 nitrogen and oxygen atoms in total. The molecule has 0 N–H and O–H groups in total. The van der Waals surface area contributed by atoms with Crippen LogP contribution in [0.2, 0.25) is 0 Å². The van der Waals surface area contributed by atoms with Gasteiger partial charge < -0.3 is 9.47 Å². The Hall–Kier alpha value is -2.98. The summed E-state index contributed by atoms with van der Waals surface area (Å²) < 4.78 is 11.2. The highest BCUT2D eigenvalue weighted by Crippen LogP contribution is 2.35. The molecule has 1 unspecified atom stereocenters. The zero-order valence-corrected chi connectivity index (χ0v) is 22.5. The smallest absolute Gasteiger partial charge is 0.144 e. The monoisotopic (exact) mass is 488 g/mol. The molecule has 0 radical (unpaired) electrons. The summed E-state index contributed by atoms with van der Waals surface area (Å²) in [6.07, 6.45) is 7.69. The summed E-state index contributed by atoms with van der Waals surface area (Å²) >= 11 is 0. The Bertz CT molecular complexity index is 1230. The van der Waals surface area contributed by atoms with E-state index in [1.54, 1.807) is 14.2 Å². The molecule has 0 aromatic heterocycles. The number of hydrogen-bond acceptors (Lipinski definition) is 4. The first-order valence-corrected chi connectivity index (χ1v) is 13.1. The third-order valence-corrected chi connectivity index (χ3v) is 6.72. The molecule has 0 aliphatic rings. The van der Waals surface area contributed by atoms with Gasteiger partial charge in [0.2, 0.25) is 0 Å². The van der Waals surface area contributed by atoms with Gasteiger partial charge in [0.1, 0.15) is 17.3 Å². The highest BCUT2D eigenvalue weighted by Gasteiger charge is 2.17. The van der Waals surface area contributed by atoms with Crippen LogP contribution in [0.1, 0.15) is 70.4 Å². The molecule has 3 aromatic carbocycles. The molecule has 0 spiro atoms. The predicted molar refractivity (Wildman–Crippen MR) is 149 cm³/mol. The minimum atomic E-state index is -0.0991. The number of unbranched alkanes of at least 4 members (excludes halogenated alkanes) is 2. The zero-order chi connectivity index (χ0) is 26.1. The minimum Gasteiger partial charge on any atom is -0.496 e. The number of carbonyl (C=O) groups is 2. The maximum Gasteiger partial charge on any atom is 0.144 e. The normalized spacial score (nSPS) is 12.0. The van der Waals surface area contributed by atoms with Gasteiger partial charge in [-0.2, -0.15) is 0 Å². The molecule has 4 heteroatoms. The van der Waals surface area contributed by atoms with Crippen molar-refractivity contribution in [2.45, 2.75) is 78.2 Å². The van der Waals surface area contributed by atoms with E-state index in [9.17, 15) is 9.59 Å². The molecule has 192 valence electrons. The van der Waals surface area contributed by atoms with Crippen molar-refractivity contribution in [2.75, 3.05) is 14.2 Å². The van der Waals surface area contributed by atoms with Gasteiger partial charge in [-0.1, -0.05) is 68.2 Å². The maximum atomic E-state index is 12.8. The lowest BCUT2D eigenvalue weighted by atomic mass is 9.95. The molecular weight excluding hydrogens is 448 g/mol. The van der Waals surface area contributed by atoms with E-state index < -0.39 is 0 Å². The molecule has 0 saturated heterocycles. The average Bonchev–Trinajstić information content (AvgIpc) is 2.85. The molecule has 0 saturated carbocycles. The van der Waals surface area contributed by atoms with Crippen molar-refractivity contribution in [3.05, 3.63) is 65.2 Å². The predicted octanol–water partition coefficient (Wildman–Crippen LogP) is 7.57. The molecular formula is C32H40O4. The quantitative estimate of drug-likeness (QED) is 0.102. The SMILES string of the molecule is CCCCCC(CC(=O)CC(=O)Cc1ccc2c(OC)cc3cc(CC=C(C)C)ccc3c2c1)OC. The number of methoxy groups -OCH3 is 2. The van der Waals surface area contributed by atoms with E-state index in [-0.39, 0.29) is 30.5 Å². The van der Waals surface area contributed by atoms with Crippen LogP contribution in [-0.2, 0) is 27.2 Å². The summed E-state index contributed by atoms with van der Waals surface area (Å²) in [4.78, 5) is 25.3. The van der Waals surface area contributed by atoms with Crippen LogP contribution in [0.5, 0.6) is 5.75 Å². The third kappa shape index (κ3) is 7.51. The third-order valence-electron chi connectivity index (χ3n) is 6.72. The minimum absolute atomic E-state index is 0.0415. The highest BCUT2D eigenvalue weighted by atomic mass is 16.5. The number of hydrogen-bond donors (Lipinski definition) is 0. The lowest BCUT2D eigenvalue weighted by molar-refractivity contribution is -0.128. The number of Topliss-reactive ketones (excluding diaryl/α,β-unsaturated/α-hetero) is 2. The second kappa shape index (κ2) is 13.4. The lowest BCUT2D eigenvalue weighted by Crippen LogP contribution is -2.19. The number of ketones is 2. The first-order chi connectivity index (χ1) is 17.3. The molecule has 0 bridgehead atoms. The van der Waals surface area contributed by atoms with E-state index in [0.29, 0.717) is 6.42 Å². The van der Waals surface area contributed by atoms with E-state index in [0.717, 1.165) is 65.0 Å². The van der Waals surface area contributed by atoms with Gasteiger partial charge in [-0.15, -0.1) is 0 Å². The Labute approximate surface area is 215 Å². The van der Waals surface area contributed by atoms with Gasteiger partial charge in [0.05, 0.1) is 19.6 Å². The first-order valence-electron chi connectivity index (χ1n) is 13.1. The number of rotatable bonds is 14. The van der Waals surface area contributed by atoms with Crippen LogP contribution in [0.15, 0.2) is 54.1 Å². The van der Waals surface area contributed by atoms with Gasteiger partial charge >= 0.3 is 0 Å². The van der Waals surface area contributed by atoms with Gasteiger partial charge in [0, 0.05) is 25.3 Å². The highest BCUT2D eigenvalue weighted by molar-refractivity contribution is 6.11. The van der Waals surface area contributed by atoms with Crippen molar-refractivity contribution in [1.82, 2.24) is 0 Å². The van der Waals surface area contributed by atoms with Crippen LogP contribution in [-0.4, -0.2) is 31.9 Å². The van der Waals surface area contributed by atoms with Crippen LogP contribution in [0.25, 0.3) is 21.5 Å². The van der Waals surface area contributed by atoms with Crippen molar-refractivity contribution < 1.29 is 19.1 Å². The molecule has 0 aliphatic carbocycles. The van der Waals surface area contributed by atoms with Crippen molar-refractivity contribution in [3.8, 4) is 5.75 Å². The number of fused-ring (bicyclic) bond motifs is 3. The molecule has 0 heterocycles. The summed E-state index contributed by atoms with van der Waals surface area (Å²) in [5.74, 6) is 0.720. The van der Waals surface area contributed by atoms with Crippen LogP contribution < -0.4 is 4.74 Å². The lowest BCUT2D eigenvalue weighted by Gasteiger charge is -2.14. The van der Waals surface area contributed by atoms with Crippen LogP contribution in [0, 0.1) is 0 Å². The summed E-state index contributed by atoms with van der Waals surface area (Å²) in [6.45, 7) is 6.37. The number of benzene rings is 3. The van der Waals surface area contributed by atoms with Gasteiger partial charge in [-0.3, -0.25) is 9.59 Å². The summed E-state index contributed by atoms with van der Waals surface area (Å²) in [5, 5.41) is 4.33. The Morgan fingerprint density at radius 3 is 2.33 bits per heavy atom. The Morgan fingerprint density at radius 2 is 1.64 bits per heavy atom. The molecule has 0 fully saturated rings. The Kier molecular flexibility index (Phi) is 10.2. The summed E-state index contributed by atoms with van der Waals surface area (Å²) in [7, 11) is 3.33. The summed E-state index contributed by atoms with van der Waals surface area (Å²) in [5.41, 5.74) is 3.46. The van der Waals surface area contributed by atoms with Crippen molar-refractivity contribution in [1.29, 1.82) is 0 Å². The van der Waals surface area contributed by atoms with Crippen LogP contribution in [0.3, 0.4) is 0 Å². The van der Waals surface area contributed by atoms with Gasteiger partial charge in [-0.25, -0.2) is 0 Å².